The Balaban J connectivity index is 1.65. The SMILES string of the molecule is C=CCOc1ccccc1C1CC(=O)Nc2nc(SCc3ccc(Cl)cc3)[nH]c(=O)c21. The summed E-state index contributed by atoms with van der Waals surface area (Å²) in [6.07, 6.45) is 1.79. The second-order valence-corrected chi connectivity index (χ2v) is 8.39. The lowest BCUT2D eigenvalue weighted by atomic mass is 9.86. The molecule has 6 nitrogen and oxygen atoms in total. The molecule has 1 amide bonds. The Morgan fingerprint density at radius 1 is 1.19 bits per heavy atom. The maximum Gasteiger partial charge on any atom is 0.257 e. The summed E-state index contributed by atoms with van der Waals surface area (Å²) in [7, 11) is 0. The van der Waals surface area contributed by atoms with Gasteiger partial charge in [0.1, 0.15) is 18.2 Å². The quantitative estimate of drug-likeness (QED) is 0.306. The molecule has 3 aromatic rings. The maximum atomic E-state index is 13.0. The number of rotatable bonds is 7. The highest BCUT2D eigenvalue weighted by Crippen LogP contribution is 2.38. The summed E-state index contributed by atoms with van der Waals surface area (Å²) in [6, 6.07) is 14.9. The van der Waals surface area contributed by atoms with Crippen LogP contribution in [-0.2, 0) is 10.5 Å². The third-order valence-corrected chi connectivity index (χ3v) is 6.07. The van der Waals surface area contributed by atoms with Gasteiger partial charge >= 0.3 is 0 Å². The second kappa shape index (κ2) is 9.41. The maximum absolute atomic E-state index is 13.0. The van der Waals surface area contributed by atoms with Crippen molar-refractivity contribution in [1.29, 1.82) is 0 Å². The molecule has 0 bridgehead atoms. The van der Waals surface area contributed by atoms with Gasteiger partial charge in [0.25, 0.3) is 5.56 Å². The highest BCUT2D eigenvalue weighted by molar-refractivity contribution is 7.98. The number of para-hydroxylation sites is 1. The van der Waals surface area contributed by atoms with E-state index in [0.717, 1.165) is 11.1 Å². The Bertz CT molecular complexity index is 1180. The largest absolute Gasteiger partial charge is 0.489 e. The number of ether oxygens (including phenoxy) is 1. The predicted octanol–water partition coefficient (Wildman–Crippen LogP) is 4.75. The zero-order chi connectivity index (χ0) is 21.8. The molecule has 2 N–H and O–H groups in total. The molecule has 4 rings (SSSR count). The first-order chi connectivity index (χ1) is 15.0. The number of H-pyrrole nitrogens is 1. The van der Waals surface area contributed by atoms with E-state index in [-0.39, 0.29) is 17.9 Å². The molecule has 0 radical (unpaired) electrons. The van der Waals surface area contributed by atoms with Gasteiger partial charge in [0.15, 0.2) is 5.16 Å². The van der Waals surface area contributed by atoms with Crippen LogP contribution in [0.4, 0.5) is 5.82 Å². The fraction of sp³-hybridized carbons (Fsp3) is 0.174. The van der Waals surface area contributed by atoms with Gasteiger partial charge in [-0.25, -0.2) is 4.98 Å². The lowest BCUT2D eigenvalue weighted by Gasteiger charge is -2.26. The standard InChI is InChI=1S/C23H20ClN3O3S/c1-2-11-30-18-6-4-3-5-16(18)17-12-19(28)25-21-20(17)22(29)27-23(26-21)31-13-14-7-9-15(24)10-8-14/h2-10,17H,1,11-13H2,(H2,25,26,27,28,29). The molecule has 0 aliphatic carbocycles. The Labute approximate surface area is 188 Å². The van der Waals surface area contributed by atoms with E-state index in [4.69, 9.17) is 16.3 Å². The van der Waals surface area contributed by atoms with Crippen molar-refractivity contribution in [1.82, 2.24) is 9.97 Å². The first-order valence-corrected chi connectivity index (χ1v) is 11.1. The highest BCUT2D eigenvalue weighted by atomic mass is 35.5. The smallest absolute Gasteiger partial charge is 0.257 e. The van der Waals surface area contributed by atoms with Crippen LogP contribution >= 0.6 is 23.4 Å². The molecule has 1 aliphatic rings. The van der Waals surface area contributed by atoms with Crippen LogP contribution in [0.25, 0.3) is 0 Å². The fourth-order valence-electron chi connectivity index (χ4n) is 3.47. The molecule has 2 heterocycles. The summed E-state index contributed by atoms with van der Waals surface area (Å²) in [5.41, 5.74) is 1.98. The van der Waals surface area contributed by atoms with Gasteiger partial charge in [-0.2, -0.15) is 0 Å². The van der Waals surface area contributed by atoms with Crippen LogP contribution in [0.3, 0.4) is 0 Å². The third kappa shape index (κ3) is 4.84. The van der Waals surface area contributed by atoms with E-state index < -0.39 is 5.92 Å². The van der Waals surface area contributed by atoms with Crippen molar-refractivity contribution in [3.05, 3.63) is 93.3 Å². The number of aromatic nitrogens is 2. The van der Waals surface area contributed by atoms with Crippen LogP contribution < -0.4 is 15.6 Å². The Morgan fingerprint density at radius 2 is 1.97 bits per heavy atom. The van der Waals surface area contributed by atoms with Gasteiger partial charge in [0, 0.05) is 28.7 Å². The molecule has 158 valence electrons. The van der Waals surface area contributed by atoms with Crippen LogP contribution in [-0.4, -0.2) is 22.5 Å². The summed E-state index contributed by atoms with van der Waals surface area (Å²) in [4.78, 5) is 32.8. The third-order valence-electron chi connectivity index (χ3n) is 4.87. The number of hydrogen-bond donors (Lipinski definition) is 2. The van der Waals surface area contributed by atoms with E-state index in [0.29, 0.717) is 39.7 Å². The van der Waals surface area contributed by atoms with Crippen LogP contribution in [0.2, 0.25) is 5.02 Å². The number of carbonyl (C=O) groups is 1. The normalized spacial score (nSPS) is 15.1. The van der Waals surface area contributed by atoms with Gasteiger partial charge in [-0.1, -0.05) is 66.3 Å². The molecule has 2 aromatic carbocycles. The first-order valence-electron chi connectivity index (χ1n) is 9.69. The highest BCUT2D eigenvalue weighted by Gasteiger charge is 2.32. The summed E-state index contributed by atoms with van der Waals surface area (Å²) < 4.78 is 5.75. The lowest BCUT2D eigenvalue weighted by molar-refractivity contribution is -0.116. The molecule has 0 saturated carbocycles. The number of nitrogens with one attached hydrogen (secondary N) is 2. The Kier molecular flexibility index (Phi) is 6.44. The summed E-state index contributed by atoms with van der Waals surface area (Å²) >= 11 is 7.31. The van der Waals surface area contributed by atoms with Gasteiger partial charge in [-0.3, -0.25) is 9.59 Å². The minimum atomic E-state index is -0.448. The van der Waals surface area contributed by atoms with Crippen molar-refractivity contribution in [3.8, 4) is 5.75 Å². The number of thioether (sulfide) groups is 1. The predicted molar refractivity (Wildman–Crippen MR) is 123 cm³/mol. The molecule has 1 atom stereocenters. The van der Waals surface area contributed by atoms with Gasteiger partial charge in [0.05, 0.1) is 5.56 Å². The number of hydrogen-bond acceptors (Lipinski definition) is 5. The fourth-order valence-corrected chi connectivity index (χ4v) is 4.41. The van der Waals surface area contributed by atoms with Crippen molar-refractivity contribution in [2.45, 2.75) is 23.2 Å². The lowest BCUT2D eigenvalue weighted by Crippen LogP contribution is -2.31. The number of fused-ring (bicyclic) bond motifs is 1. The monoisotopic (exact) mass is 453 g/mol. The minimum Gasteiger partial charge on any atom is -0.489 e. The molecule has 8 heteroatoms. The van der Waals surface area contributed by atoms with E-state index >= 15 is 0 Å². The van der Waals surface area contributed by atoms with Gasteiger partial charge in [-0.05, 0) is 23.8 Å². The van der Waals surface area contributed by atoms with Crippen LogP contribution in [0.5, 0.6) is 5.75 Å². The average Bonchev–Trinajstić information content (AvgIpc) is 2.76. The van der Waals surface area contributed by atoms with Gasteiger partial charge in [-0.15, -0.1) is 0 Å². The van der Waals surface area contributed by atoms with E-state index in [2.05, 4.69) is 21.9 Å². The number of carbonyl (C=O) groups excluding carboxylic acids is 1. The molecular formula is C23H20ClN3O3S. The molecule has 0 saturated heterocycles. The topological polar surface area (TPSA) is 84.1 Å². The molecule has 0 spiro atoms. The molecule has 31 heavy (non-hydrogen) atoms. The summed E-state index contributed by atoms with van der Waals surface area (Å²) in [6.45, 7) is 4.00. The molecule has 1 aliphatic heterocycles. The van der Waals surface area contributed by atoms with Crippen LogP contribution in [0, 0.1) is 0 Å². The summed E-state index contributed by atoms with van der Waals surface area (Å²) in [5, 5.41) is 3.86. The van der Waals surface area contributed by atoms with E-state index in [1.807, 2.05) is 48.5 Å². The number of halogens is 1. The van der Waals surface area contributed by atoms with E-state index in [9.17, 15) is 9.59 Å². The molecule has 1 unspecified atom stereocenters. The number of benzene rings is 2. The van der Waals surface area contributed by atoms with Crippen LogP contribution in [0.1, 0.15) is 29.0 Å². The van der Waals surface area contributed by atoms with Crippen molar-refractivity contribution in [3.63, 3.8) is 0 Å². The number of nitrogens with zero attached hydrogens (tertiary/aromatic N) is 1. The molecular weight excluding hydrogens is 434 g/mol. The zero-order valence-electron chi connectivity index (χ0n) is 16.6. The Morgan fingerprint density at radius 3 is 2.74 bits per heavy atom. The Hall–Kier alpha value is -3.03. The minimum absolute atomic E-state index is 0.142. The van der Waals surface area contributed by atoms with Crippen molar-refractivity contribution in [2.75, 3.05) is 11.9 Å². The number of amides is 1. The van der Waals surface area contributed by atoms with Crippen LogP contribution in [0.15, 0.2) is 71.1 Å². The van der Waals surface area contributed by atoms with Crippen molar-refractivity contribution >= 4 is 35.1 Å². The average molecular weight is 454 g/mol. The van der Waals surface area contributed by atoms with E-state index in [1.165, 1.54) is 11.8 Å². The number of anilines is 1. The second-order valence-electron chi connectivity index (χ2n) is 6.99. The van der Waals surface area contributed by atoms with E-state index in [1.54, 1.807) is 6.08 Å². The molecule has 1 aromatic heterocycles. The van der Waals surface area contributed by atoms with Crippen molar-refractivity contribution < 1.29 is 9.53 Å². The molecule has 0 fully saturated rings. The first kappa shape index (κ1) is 21.2. The number of aromatic amines is 1. The van der Waals surface area contributed by atoms with Gasteiger partial charge in [0.2, 0.25) is 5.91 Å². The van der Waals surface area contributed by atoms with Crippen molar-refractivity contribution in [2.24, 2.45) is 0 Å². The zero-order valence-corrected chi connectivity index (χ0v) is 18.1. The van der Waals surface area contributed by atoms with Gasteiger partial charge < -0.3 is 15.0 Å². The summed E-state index contributed by atoms with van der Waals surface area (Å²) in [5.74, 6) is 0.879.